The van der Waals surface area contributed by atoms with Crippen LogP contribution in [0.25, 0.3) is 5.69 Å². The van der Waals surface area contributed by atoms with Gasteiger partial charge in [-0.3, -0.25) is 14.2 Å². The summed E-state index contributed by atoms with van der Waals surface area (Å²) in [5.74, 6) is 0.606. The van der Waals surface area contributed by atoms with Crippen LogP contribution in [0.15, 0.2) is 36.9 Å². The Bertz CT molecular complexity index is 740. The third-order valence-corrected chi connectivity index (χ3v) is 4.90. The highest BCUT2D eigenvalue weighted by Crippen LogP contribution is 2.23. The lowest BCUT2D eigenvalue weighted by Gasteiger charge is -2.33. The fourth-order valence-electron chi connectivity index (χ4n) is 3.33. The number of nitrogens with zero attached hydrogens (tertiary/aromatic N) is 5. The fraction of sp³-hybridized carbons (Fsp3) is 0.474. The van der Waals surface area contributed by atoms with E-state index in [1.54, 1.807) is 36.2 Å². The third-order valence-electron chi connectivity index (χ3n) is 4.90. The molecule has 26 heavy (non-hydrogen) atoms. The number of likely N-dealkylation sites (tertiary alicyclic amines) is 1. The van der Waals surface area contributed by atoms with Crippen LogP contribution in [0.1, 0.15) is 36.0 Å². The first kappa shape index (κ1) is 18.1. The summed E-state index contributed by atoms with van der Waals surface area (Å²) in [7, 11) is 3.56. The Balaban J connectivity index is 1.59. The van der Waals surface area contributed by atoms with Crippen LogP contribution in [0.4, 0.5) is 0 Å². The average Bonchev–Trinajstić information content (AvgIpc) is 3.20. The fourth-order valence-corrected chi connectivity index (χ4v) is 3.33. The van der Waals surface area contributed by atoms with Crippen molar-refractivity contribution >= 4 is 11.8 Å². The summed E-state index contributed by atoms with van der Waals surface area (Å²) >= 11 is 0. The van der Waals surface area contributed by atoms with Crippen molar-refractivity contribution in [1.29, 1.82) is 0 Å². The largest absolute Gasteiger partial charge is 0.349 e. The lowest BCUT2D eigenvalue weighted by molar-refractivity contribution is -0.129. The lowest BCUT2D eigenvalue weighted by atomic mass is 9.92. The molecule has 3 rings (SSSR count). The number of rotatable bonds is 5. The molecule has 7 heteroatoms. The first-order valence-electron chi connectivity index (χ1n) is 8.99. The van der Waals surface area contributed by atoms with Gasteiger partial charge in [-0.25, -0.2) is 0 Å². The minimum absolute atomic E-state index is 0.0592. The molecule has 1 aromatic carbocycles. The first-order chi connectivity index (χ1) is 12.5. The van der Waals surface area contributed by atoms with Crippen LogP contribution in [0.3, 0.4) is 0 Å². The Morgan fingerprint density at radius 3 is 2.50 bits per heavy atom. The van der Waals surface area contributed by atoms with Gasteiger partial charge in [-0.2, -0.15) is 0 Å². The van der Waals surface area contributed by atoms with E-state index in [9.17, 15) is 9.59 Å². The summed E-state index contributed by atoms with van der Waals surface area (Å²) in [5, 5.41) is 7.58. The molecular weight excluding hydrogens is 330 g/mol. The van der Waals surface area contributed by atoms with Gasteiger partial charge in [-0.15, -0.1) is 10.2 Å². The van der Waals surface area contributed by atoms with Crippen LogP contribution in [0.2, 0.25) is 0 Å². The molecule has 2 heterocycles. The second-order valence-corrected chi connectivity index (χ2v) is 7.00. The van der Waals surface area contributed by atoms with Crippen molar-refractivity contribution in [3.63, 3.8) is 0 Å². The van der Waals surface area contributed by atoms with Crippen LogP contribution in [0, 0.1) is 5.92 Å². The first-order valence-corrected chi connectivity index (χ1v) is 8.99. The zero-order valence-electron chi connectivity index (χ0n) is 15.3. The maximum atomic E-state index is 12.8. The SMILES string of the molecule is CN(C)C(=O)CC[C@@H]1CCCN(C(=O)c2ccc(-n3cnnc3)cc2)C1. The van der Waals surface area contributed by atoms with Gasteiger partial charge < -0.3 is 9.80 Å². The number of amides is 2. The van der Waals surface area contributed by atoms with E-state index < -0.39 is 0 Å². The molecule has 1 aliphatic heterocycles. The number of piperidine rings is 1. The summed E-state index contributed by atoms with van der Waals surface area (Å²) < 4.78 is 1.80. The molecular formula is C19H25N5O2. The van der Waals surface area contributed by atoms with Crippen LogP contribution < -0.4 is 0 Å². The van der Waals surface area contributed by atoms with Gasteiger partial charge in [0.25, 0.3) is 5.91 Å². The van der Waals surface area contributed by atoms with E-state index in [4.69, 9.17) is 0 Å². The average molecular weight is 355 g/mol. The minimum atomic E-state index is 0.0592. The number of benzene rings is 1. The van der Waals surface area contributed by atoms with Crippen LogP contribution in [-0.2, 0) is 4.79 Å². The molecule has 7 nitrogen and oxygen atoms in total. The summed E-state index contributed by atoms with van der Waals surface area (Å²) in [6.07, 6.45) is 6.71. The number of hydrogen-bond donors (Lipinski definition) is 0. The number of carbonyl (C=O) groups excluding carboxylic acids is 2. The summed E-state index contributed by atoms with van der Waals surface area (Å²) in [6, 6.07) is 7.48. The maximum absolute atomic E-state index is 12.8. The molecule has 2 aromatic rings. The third kappa shape index (κ3) is 4.28. The smallest absolute Gasteiger partial charge is 0.253 e. The molecule has 1 aliphatic rings. The summed E-state index contributed by atoms with van der Waals surface area (Å²) in [5.41, 5.74) is 1.61. The van der Waals surface area contributed by atoms with Crippen LogP contribution >= 0.6 is 0 Å². The van der Waals surface area contributed by atoms with E-state index in [1.807, 2.05) is 29.2 Å². The van der Waals surface area contributed by atoms with Crippen LogP contribution in [-0.4, -0.2) is 63.6 Å². The second kappa shape index (κ2) is 8.12. The summed E-state index contributed by atoms with van der Waals surface area (Å²) in [4.78, 5) is 28.1. The van der Waals surface area contributed by atoms with E-state index in [0.29, 0.717) is 17.9 Å². The van der Waals surface area contributed by atoms with Crippen molar-refractivity contribution in [2.24, 2.45) is 5.92 Å². The zero-order chi connectivity index (χ0) is 18.5. The normalized spacial score (nSPS) is 17.2. The van der Waals surface area contributed by atoms with Gasteiger partial charge in [0.15, 0.2) is 0 Å². The van der Waals surface area contributed by atoms with E-state index >= 15 is 0 Å². The summed E-state index contributed by atoms with van der Waals surface area (Å²) in [6.45, 7) is 1.51. The predicted molar refractivity (Wildman–Crippen MR) is 97.9 cm³/mol. The molecule has 0 N–H and O–H groups in total. The van der Waals surface area contributed by atoms with Crippen molar-refractivity contribution in [3.05, 3.63) is 42.5 Å². The highest BCUT2D eigenvalue weighted by atomic mass is 16.2. The van der Waals surface area contributed by atoms with Crippen molar-refractivity contribution in [1.82, 2.24) is 24.6 Å². The van der Waals surface area contributed by atoms with Crippen molar-refractivity contribution in [2.45, 2.75) is 25.7 Å². The Morgan fingerprint density at radius 2 is 1.85 bits per heavy atom. The molecule has 2 amide bonds. The Hall–Kier alpha value is -2.70. The van der Waals surface area contributed by atoms with Gasteiger partial charge in [0.2, 0.25) is 5.91 Å². The maximum Gasteiger partial charge on any atom is 0.253 e. The van der Waals surface area contributed by atoms with E-state index in [0.717, 1.165) is 38.0 Å². The molecule has 1 aromatic heterocycles. The Morgan fingerprint density at radius 1 is 1.15 bits per heavy atom. The van der Waals surface area contributed by atoms with Gasteiger partial charge in [0.1, 0.15) is 12.7 Å². The molecule has 0 saturated carbocycles. The number of aromatic nitrogens is 3. The standard InChI is InChI=1S/C19H25N5O2/c1-22(2)18(25)10-5-15-4-3-11-23(12-15)19(26)16-6-8-17(9-7-16)24-13-20-21-14-24/h6-9,13-15H,3-5,10-12H2,1-2H3/t15-/m0/s1. The molecule has 0 spiro atoms. The van der Waals surface area contributed by atoms with Crippen molar-refractivity contribution < 1.29 is 9.59 Å². The van der Waals surface area contributed by atoms with Gasteiger partial charge in [0, 0.05) is 44.9 Å². The number of carbonyl (C=O) groups is 2. The van der Waals surface area contributed by atoms with Gasteiger partial charge in [-0.1, -0.05) is 0 Å². The molecule has 0 bridgehead atoms. The highest BCUT2D eigenvalue weighted by molar-refractivity contribution is 5.94. The van der Waals surface area contributed by atoms with E-state index in [-0.39, 0.29) is 11.8 Å². The van der Waals surface area contributed by atoms with Gasteiger partial charge in [0.05, 0.1) is 0 Å². The van der Waals surface area contributed by atoms with Crippen LogP contribution in [0.5, 0.6) is 0 Å². The lowest BCUT2D eigenvalue weighted by Crippen LogP contribution is -2.40. The van der Waals surface area contributed by atoms with Gasteiger partial charge in [-0.05, 0) is 49.4 Å². The molecule has 0 radical (unpaired) electrons. The Kier molecular flexibility index (Phi) is 5.65. The van der Waals surface area contributed by atoms with E-state index in [2.05, 4.69) is 10.2 Å². The highest BCUT2D eigenvalue weighted by Gasteiger charge is 2.25. The second-order valence-electron chi connectivity index (χ2n) is 7.00. The minimum Gasteiger partial charge on any atom is -0.349 e. The van der Waals surface area contributed by atoms with E-state index in [1.165, 1.54) is 0 Å². The predicted octanol–water partition coefficient (Wildman–Crippen LogP) is 1.99. The quantitative estimate of drug-likeness (QED) is 0.822. The Labute approximate surface area is 153 Å². The van der Waals surface area contributed by atoms with Crippen molar-refractivity contribution in [2.75, 3.05) is 27.2 Å². The molecule has 1 fully saturated rings. The number of hydrogen-bond acceptors (Lipinski definition) is 4. The molecule has 1 atom stereocenters. The zero-order valence-corrected chi connectivity index (χ0v) is 15.3. The molecule has 138 valence electrons. The monoisotopic (exact) mass is 355 g/mol. The topological polar surface area (TPSA) is 71.3 Å². The molecule has 0 unspecified atom stereocenters. The molecule has 0 aliphatic carbocycles. The van der Waals surface area contributed by atoms with Crippen molar-refractivity contribution in [3.8, 4) is 5.69 Å². The molecule has 1 saturated heterocycles. The van der Waals surface area contributed by atoms with Gasteiger partial charge >= 0.3 is 0 Å².